The number of rotatable bonds is 4. The fourth-order valence-corrected chi connectivity index (χ4v) is 3.85. The Kier molecular flexibility index (Phi) is 7.59. The van der Waals surface area contributed by atoms with Gasteiger partial charge in [-0.2, -0.15) is 0 Å². The van der Waals surface area contributed by atoms with Gasteiger partial charge in [-0.1, -0.05) is 18.2 Å². The van der Waals surface area contributed by atoms with E-state index in [1.165, 1.54) is 6.07 Å². The Bertz CT molecular complexity index is 675. The molecule has 0 aromatic heterocycles. The number of piperazine rings is 1. The smallest absolute Gasteiger partial charge is 0.242 e. The monoisotopic (exact) mass is 399 g/mol. The van der Waals surface area contributed by atoms with Gasteiger partial charge in [0.2, 0.25) is 11.8 Å². The van der Waals surface area contributed by atoms with Gasteiger partial charge < -0.3 is 20.3 Å². The van der Waals surface area contributed by atoms with Crippen LogP contribution in [-0.2, 0) is 20.9 Å². The number of nitrogens with zero attached hydrogens (tertiary/aromatic N) is 2. The van der Waals surface area contributed by atoms with E-state index in [0.29, 0.717) is 25.1 Å². The lowest BCUT2D eigenvalue weighted by Gasteiger charge is -2.38. The van der Waals surface area contributed by atoms with E-state index in [4.69, 9.17) is 10.5 Å². The molecule has 1 aromatic carbocycles. The summed E-state index contributed by atoms with van der Waals surface area (Å²) in [5, 5.41) is 0. The quantitative estimate of drug-likeness (QED) is 0.833. The van der Waals surface area contributed by atoms with Gasteiger partial charge in [-0.05, 0) is 25.3 Å². The van der Waals surface area contributed by atoms with Crippen molar-refractivity contribution in [2.75, 3.05) is 26.7 Å². The third-order valence-electron chi connectivity index (χ3n) is 5.44. The van der Waals surface area contributed by atoms with Crippen molar-refractivity contribution in [2.45, 2.75) is 38.0 Å². The average molecular weight is 400 g/mol. The van der Waals surface area contributed by atoms with E-state index >= 15 is 0 Å². The number of carbonyl (C=O) groups is 2. The van der Waals surface area contributed by atoms with Crippen LogP contribution in [0.5, 0.6) is 0 Å². The standard InChI is InChI=1S/C19H26FN3O3.ClH/c1-26-17-7-6-13(10-16(17)21)19(25)23-9-8-22(18(24)12-23)11-14-4-2-3-5-15(14)20;/h2-5,13,16-17H,6-12,21H2,1H3;1H/t13-,16+,17+;/m0./s1. The molecule has 0 spiro atoms. The largest absolute Gasteiger partial charge is 0.380 e. The summed E-state index contributed by atoms with van der Waals surface area (Å²) in [6, 6.07) is 6.29. The second-order valence-corrected chi connectivity index (χ2v) is 7.11. The van der Waals surface area contributed by atoms with Gasteiger partial charge in [-0.25, -0.2) is 4.39 Å². The van der Waals surface area contributed by atoms with Crippen LogP contribution in [0.1, 0.15) is 24.8 Å². The molecule has 6 nitrogen and oxygen atoms in total. The van der Waals surface area contributed by atoms with Crippen molar-refractivity contribution in [1.29, 1.82) is 0 Å². The molecule has 3 rings (SSSR count). The molecule has 27 heavy (non-hydrogen) atoms. The second kappa shape index (κ2) is 9.48. The van der Waals surface area contributed by atoms with Crippen LogP contribution >= 0.6 is 12.4 Å². The molecule has 1 heterocycles. The van der Waals surface area contributed by atoms with Crippen LogP contribution in [0.25, 0.3) is 0 Å². The molecule has 150 valence electrons. The highest BCUT2D eigenvalue weighted by Gasteiger charge is 2.36. The van der Waals surface area contributed by atoms with Gasteiger partial charge in [0.25, 0.3) is 0 Å². The van der Waals surface area contributed by atoms with E-state index in [9.17, 15) is 14.0 Å². The number of nitrogens with two attached hydrogens (primary N) is 1. The van der Waals surface area contributed by atoms with E-state index < -0.39 is 0 Å². The molecule has 2 fully saturated rings. The maximum atomic E-state index is 13.8. The zero-order valence-corrected chi connectivity index (χ0v) is 16.3. The van der Waals surface area contributed by atoms with Crippen molar-refractivity contribution in [3.05, 3.63) is 35.6 Å². The van der Waals surface area contributed by atoms with Crippen LogP contribution in [-0.4, -0.2) is 60.5 Å². The van der Waals surface area contributed by atoms with Crippen molar-refractivity contribution < 1.29 is 18.7 Å². The second-order valence-electron chi connectivity index (χ2n) is 7.11. The maximum Gasteiger partial charge on any atom is 0.242 e. The number of amides is 2. The SMILES string of the molecule is CO[C@@H]1CC[C@H](C(=O)N2CCN(Cc3ccccc3F)C(=O)C2)C[C@H]1N.Cl. The molecule has 0 radical (unpaired) electrons. The minimum absolute atomic E-state index is 0. The van der Waals surface area contributed by atoms with Crippen molar-refractivity contribution in [3.63, 3.8) is 0 Å². The zero-order chi connectivity index (χ0) is 18.7. The first-order valence-corrected chi connectivity index (χ1v) is 9.08. The Morgan fingerprint density at radius 1 is 1.30 bits per heavy atom. The molecule has 2 aliphatic rings. The summed E-state index contributed by atoms with van der Waals surface area (Å²) in [7, 11) is 1.64. The third-order valence-corrected chi connectivity index (χ3v) is 5.44. The molecular weight excluding hydrogens is 373 g/mol. The van der Waals surface area contributed by atoms with Gasteiger partial charge >= 0.3 is 0 Å². The lowest BCUT2D eigenvalue weighted by Crippen LogP contribution is -2.54. The van der Waals surface area contributed by atoms with Gasteiger partial charge in [0.1, 0.15) is 5.82 Å². The summed E-state index contributed by atoms with van der Waals surface area (Å²) in [6.45, 7) is 1.17. The molecular formula is C19H27ClFN3O3. The zero-order valence-electron chi connectivity index (χ0n) is 15.5. The van der Waals surface area contributed by atoms with Gasteiger partial charge in [0.15, 0.2) is 0 Å². The summed E-state index contributed by atoms with van der Waals surface area (Å²) >= 11 is 0. The van der Waals surface area contributed by atoms with Crippen LogP contribution < -0.4 is 5.73 Å². The maximum absolute atomic E-state index is 13.8. The summed E-state index contributed by atoms with van der Waals surface area (Å²) in [4.78, 5) is 28.4. The van der Waals surface area contributed by atoms with E-state index in [-0.39, 0.29) is 61.2 Å². The van der Waals surface area contributed by atoms with Crippen LogP contribution in [0.4, 0.5) is 4.39 Å². The number of carbonyl (C=O) groups excluding carboxylic acids is 2. The van der Waals surface area contributed by atoms with Crippen LogP contribution in [0.3, 0.4) is 0 Å². The molecule has 2 N–H and O–H groups in total. The van der Waals surface area contributed by atoms with E-state index in [2.05, 4.69) is 0 Å². The summed E-state index contributed by atoms with van der Waals surface area (Å²) < 4.78 is 19.1. The molecule has 1 aromatic rings. The number of methoxy groups -OCH3 is 1. The van der Waals surface area contributed by atoms with Gasteiger partial charge in [0, 0.05) is 44.3 Å². The molecule has 3 atom stereocenters. The Labute approximate surface area is 165 Å². The number of benzene rings is 1. The van der Waals surface area contributed by atoms with E-state index in [0.717, 1.165) is 12.8 Å². The van der Waals surface area contributed by atoms with Crippen molar-refractivity contribution in [2.24, 2.45) is 11.7 Å². The van der Waals surface area contributed by atoms with Crippen LogP contribution in [0.15, 0.2) is 24.3 Å². The number of ether oxygens (including phenoxy) is 1. The highest BCUT2D eigenvalue weighted by Crippen LogP contribution is 2.27. The third kappa shape index (κ3) is 4.97. The molecule has 1 saturated heterocycles. The molecule has 8 heteroatoms. The first kappa shape index (κ1) is 21.6. The van der Waals surface area contributed by atoms with E-state index in [1.807, 2.05) is 0 Å². The van der Waals surface area contributed by atoms with Crippen LogP contribution in [0, 0.1) is 11.7 Å². The highest BCUT2D eigenvalue weighted by atomic mass is 35.5. The van der Waals surface area contributed by atoms with E-state index in [1.54, 1.807) is 35.1 Å². The Morgan fingerprint density at radius 2 is 2.04 bits per heavy atom. The Morgan fingerprint density at radius 3 is 2.67 bits per heavy atom. The Balaban J connectivity index is 0.00000261. The molecule has 1 saturated carbocycles. The van der Waals surface area contributed by atoms with Gasteiger partial charge in [0.05, 0.1) is 12.6 Å². The first-order chi connectivity index (χ1) is 12.5. The van der Waals surface area contributed by atoms with Crippen molar-refractivity contribution >= 4 is 24.2 Å². The average Bonchev–Trinajstić information content (AvgIpc) is 2.64. The fourth-order valence-electron chi connectivity index (χ4n) is 3.85. The fraction of sp³-hybridized carbons (Fsp3) is 0.579. The number of hydrogen-bond acceptors (Lipinski definition) is 4. The van der Waals surface area contributed by atoms with Crippen molar-refractivity contribution in [1.82, 2.24) is 9.80 Å². The predicted octanol–water partition coefficient (Wildman–Crippen LogP) is 1.56. The molecule has 0 unspecified atom stereocenters. The first-order valence-electron chi connectivity index (χ1n) is 9.08. The minimum Gasteiger partial charge on any atom is -0.380 e. The summed E-state index contributed by atoms with van der Waals surface area (Å²) in [5.41, 5.74) is 6.58. The predicted molar refractivity (Wildman–Crippen MR) is 102 cm³/mol. The molecule has 0 bridgehead atoms. The minimum atomic E-state index is -0.317. The lowest BCUT2D eigenvalue weighted by atomic mass is 9.83. The van der Waals surface area contributed by atoms with Gasteiger partial charge in [-0.3, -0.25) is 9.59 Å². The molecule has 2 amide bonds. The summed E-state index contributed by atoms with van der Waals surface area (Å²) in [5.74, 6) is -0.623. The van der Waals surface area contributed by atoms with Crippen molar-refractivity contribution in [3.8, 4) is 0 Å². The topological polar surface area (TPSA) is 75.9 Å². The number of halogens is 2. The van der Waals surface area contributed by atoms with Gasteiger partial charge in [-0.15, -0.1) is 12.4 Å². The lowest BCUT2D eigenvalue weighted by molar-refractivity contribution is -0.149. The number of hydrogen-bond donors (Lipinski definition) is 1. The molecule has 1 aliphatic heterocycles. The van der Waals surface area contributed by atoms with Crippen LogP contribution in [0.2, 0.25) is 0 Å². The normalized spacial score (nSPS) is 25.9. The summed E-state index contributed by atoms with van der Waals surface area (Å²) in [6.07, 6.45) is 2.07. The molecule has 1 aliphatic carbocycles. The Hall–Kier alpha value is -1.70. The highest BCUT2D eigenvalue weighted by molar-refractivity contribution is 5.87.